The van der Waals surface area contributed by atoms with E-state index in [-0.39, 0.29) is 17.5 Å². The minimum absolute atomic E-state index is 0.0827. The lowest BCUT2D eigenvalue weighted by atomic mass is 9.85. The molecule has 0 saturated carbocycles. The Kier molecular flexibility index (Phi) is 4.67. The normalized spacial score (nSPS) is 18.7. The van der Waals surface area contributed by atoms with Gasteiger partial charge in [-0.1, -0.05) is 26.0 Å². The van der Waals surface area contributed by atoms with E-state index in [1.807, 2.05) is 12.2 Å². The highest BCUT2D eigenvalue weighted by Gasteiger charge is 2.16. The van der Waals surface area contributed by atoms with E-state index >= 15 is 0 Å². The van der Waals surface area contributed by atoms with Crippen molar-refractivity contribution in [2.24, 2.45) is 5.41 Å². The fraction of sp³-hybridized carbons (Fsp3) is 0.636. The summed E-state index contributed by atoms with van der Waals surface area (Å²) in [5.74, 6) is 0. The summed E-state index contributed by atoms with van der Waals surface area (Å²) in [4.78, 5) is 4.71. The van der Waals surface area contributed by atoms with Crippen molar-refractivity contribution in [3.05, 3.63) is 34.3 Å². The van der Waals surface area contributed by atoms with Crippen LogP contribution in [0.4, 0.5) is 0 Å². The highest BCUT2D eigenvalue weighted by molar-refractivity contribution is 5.24. The number of allylic oxidation sites excluding steroid dienone is 3. The van der Waals surface area contributed by atoms with E-state index in [0.29, 0.717) is 10.8 Å². The minimum Gasteiger partial charge on any atom is -0.757 e. The maximum absolute atomic E-state index is 11.6. The van der Waals surface area contributed by atoms with E-state index in [4.69, 9.17) is 4.84 Å². The van der Waals surface area contributed by atoms with Gasteiger partial charge in [0.15, 0.2) is 0 Å². The van der Waals surface area contributed by atoms with Crippen LogP contribution in [0.5, 0.6) is 0 Å². The van der Waals surface area contributed by atoms with Gasteiger partial charge < -0.3 is 15.5 Å². The quantitative estimate of drug-likeness (QED) is 0.540. The van der Waals surface area contributed by atoms with Crippen molar-refractivity contribution in [2.45, 2.75) is 20.3 Å². The monoisotopic (exact) mass is 241 g/mol. The Morgan fingerprint density at radius 1 is 1.35 bits per heavy atom. The van der Waals surface area contributed by atoms with Crippen molar-refractivity contribution in [1.29, 1.82) is 0 Å². The SMILES string of the molecule is CN(C)N([O-])OCN([O-])C1=CCC(C)(C)C=C1. The van der Waals surface area contributed by atoms with Gasteiger partial charge >= 0.3 is 0 Å². The summed E-state index contributed by atoms with van der Waals surface area (Å²) >= 11 is 0. The van der Waals surface area contributed by atoms with Gasteiger partial charge in [0.25, 0.3) is 0 Å². The maximum atomic E-state index is 11.6. The van der Waals surface area contributed by atoms with Gasteiger partial charge in [-0.05, 0) is 17.9 Å². The van der Waals surface area contributed by atoms with Crippen LogP contribution in [0.3, 0.4) is 0 Å². The lowest BCUT2D eigenvalue weighted by molar-refractivity contribution is -0.246. The van der Waals surface area contributed by atoms with Gasteiger partial charge in [0.1, 0.15) is 6.73 Å². The number of hydrogen-bond acceptors (Lipinski definition) is 6. The number of hydrogen-bond donors (Lipinski definition) is 0. The van der Waals surface area contributed by atoms with Gasteiger partial charge in [-0.2, -0.15) is 5.34 Å². The molecule has 0 spiro atoms. The van der Waals surface area contributed by atoms with E-state index < -0.39 is 0 Å². The van der Waals surface area contributed by atoms with Gasteiger partial charge in [-0.3, -0.25) is 4.84 Å². The van der Waals surface area contributed by atoms with E-state index in [0.717, 1.165) is 6.42 Å². The van der Waals surface area contributed by atoms with E-state index in [9.17, 15) is 10.4 Å². The Morgan fingerprint density at radius 3 is 2.47 bits per heavy atom. The molecule has 98 valence electrons. The Bertz CT molecular complexity index is 313. The summed E-state index contributed by atoms with van der Waals surface area (Å²) < 4.78 is 0. The molecule has 17 heavy (non-hydrogen) atoms. The molecule has 0 heterocycles. The van der Waals surface area contributed by atoms with Crippen LogP contribution in [0.2, 0.25) is 0 Å². The first-order valence-corrected chi connectivity index (χ1v) is 5.43. The molecule has 1 aliphatic carbocycles. The van der Waals surface area contributed by atoms with Crippen molar-refractivity contribution in [1.82, 2.24) is 15.4 Å². The van der Waals surface area contributed by atoms with Crippen molar-refractivity contribution < 1.29 is 4.84 Å². The van der Waals surface area contributed by atoms with E-state index in [1.54, 1.807) is 6.08 Å². The third-order valence-electron chi connectivity index (χ3n) is 2.44. The first kappa shape index (κ1) is 14.1. The highest BCUT2D eigenvalue weighted by Crippen LogP contribution is 2.29. The molecule has 0 aromatic carbocycles. The Hall–Kier alpha value is -0.920. The third kappa shape index (κ3) is 4.45. The molecule has 0 amide bonds. The molecule has 0 aromatic rings. The number of hydrazine groups is 1. The lowest BCUT2D eigenvalue weighted by Crippen LogP contribution is -2.35. The molecular formula is C11H19N3O3-2. The van der Waals surface area contributed by atoms with Crippen LogP contribution in [-0.4, -0.2) is 36.2 Å². The van der Waals surface area contributed by atoms with Crippen molar-refractivity contribution in [3.8, 4) is 0 Å². The summed E-state index contributed by atoms with van der Waals surface area (Å²) in [6, 6.07) is 0. The molecule has 0 saturated heterocycles. The molecule has 1 aliphatic rings. The molecule has 0 aliphatic heterocycles. The molecule has 6 heteroatoms. The summed E-state index contributed by atoms with van der Waals surface area (Å²) in [5, 5.41) is 24.8. The van der Waals surface area contributed by atoms with Crippen molar-refractivity contribution >= 4 is 0 Å². The molecular weight excluding hydrogens is 222 g/mol. The lowest BCUT2D eigenvalue weighted by Gasteiger charge is -2.39. The molecule has 6 nitrogen and oxygen atoms in total. The van der Waals surface area contributed by atoms with Crippen LogP contribution >= 0.6 is 0 Å². The zero-order chi connectivity index (χ0) is 13.1. The van der Waals surface area contributed by atoms with E-state index in [1.165, 1.54) is 19.1 Å². The number of hydroxylamine groups is 2. The van der Waals surface area contributed by atoms with Gasteiger partial charge in [0.2, 0.25) is 0 Å². The van der Waals surface area contributed by atoms with Gasteiger partial charge in [-0.15, -0.1) is 0 Å². The molecule has 1 rings (SSSR count). The predicted molar refractivity (Wildman–Crippen MR) is 65.7 cm³/mol. The van der Waals surface area contributed by atoms with Crippen molar-refractivity contribution in [2.75, 3.05) is 20.8 Å². The fourth-order valence-corrected chi connectivity index (χ4v) is 1.29. The average Bonchev–Trinajstić information content (AvgIpc) is 2.25. The first-order valence-electron chi connectivity index (χ1n) is 5.43. The predicted octanol–water partition coefficient (Wildman–Crippen LogP) is 1.82. The number of nitrogens with zero attached hydrogens (tertiary/aromatic N) is 3. The highest BCUT2D eigenvalue weighted by atomic mass is 16.9. The van der Waals surface area contributed by atoms with E-state index in [2.05, 4.69) is 13.8 Å². The molecule has 0 aromatic heterocycles. The zero-order valence-corrected chi connectivity index (χ0v) is 10.7. The molecule has 0 atom stereocenters. The summed E-state index contributed by atoms with van der Waals surface area (Å²) in [6.07, 6.45) is 6.38. The molecule has 0 N–H and O–H groups in total. The van der Waals surface area contributed by atoms with Gasteiger partial charge in [0, 0.05) is 19.8 Å². The second kappa shape index (κ2) is 5.61. The minimum atomic E-state index is -0.321. The summed E-state index contributed by atoms with van der Waals surface area (Å²) in [6.45, 7) is 3.86. The van der Waals surface area contributed by atoms with Crippen LogP contribution in [0.15, 0.2) is 23.9 Å². The second-order valence-electron chi connectivity index (χ2n) is 4.88. The average molecular weight is 241 g/mol. The zero-order valence-electron chi connectivity index (χ0n) is 10.7. The van der Waals surface area contributed by atoms with Crippen LogP contribution in [0.1, 0.15) is 20.3 Å². The van der Waals surface area contributed by atoms with Crippen LogP contribution in [0, 0.1) is 15.8 Å². The maximum Gasteiger partial charge on any atom is 0.130 e. The van der Waals surface area contributed by atoms with Gasteiger partial charge in [0.05, 0.1) is 0 Å². The molecule has 0 bridgehead atoms. The molecule has 0 fully saturated rings. The van der Waals surface area contributed by atoms with Crippen LogP contribution in [-0.2, 0) is 4.84 Å². The first-order chi connectivity index (χ1) is 7.82. The largest absolute Gasteiger partial charge is 0.757 e. The summed E-state index contributed by atoms with van der Waals surface area (Å²) in [5.41, 5.74) is 0.607. The topological polar surface area (TPSA) is 65.1 Å². The molecule has 0 unspecified atom stereocenters. The third-order valence-corrected chi connectivity index (χ3v) is 2.44. The van der Waals surface area contributed by atoms with Gasteiger partial charge in [-0.25, -0.2) is 5.01 Å². The smallest absolute Gasteiger partial charge is 0.130 e. The standard InChI is InChI=1S/C11H19N3O3/c1-11(2)7-5-10(6-8-11)13(15)9-17-14(16)12(3)4/h5-7H,8-9H2,1-4H3/q-2. The number of rotatable bonds is 5. The van der Waals surface area contributed by atoms with Crippen LogP contribution < -0.4 is 0 Å². The molecule has 0 radical (unpaired) electrons. The Balaban J connectivity index is 2.42. The summed E-state index contributed by atoms with van der Waals surface area (Å²) in [7, 11) is 3.06. The van der Waals surface area contributed by atoms with Crippen molar-refractivity contribution in [3.63, 3.8) is 0 Å². The van der Waals surface area contributed by atoms with Crippen LogP contribution in [0.25, 0.3) is 0 Å². The Labute approximate surface area is 102 Å². The fourth-order valence-electron chi connectivity index (χ4n) is 1.29. The second-order valence-corrected chi connectivity index (χ2v) is 4.88. The Morgan fingerprint density at radius 2 is 2.00 bits per heavy atom.